The van der Waals surface area contributed by atoms with E-state index in [4.69, 9.17) is 18.9 Å². The summed E-state index contributed by atoms with van der Waals surface area (Å²) in [7, 11) is 3.66. The number of aromatic nitrogens is 4. The first-order valence-corrected chi connectivity index (χ1v) is 12.1. The number of carbonyl (C=O) groups is 1. The maximum absolute atomic E-state index is 12.8. The molecule has 0 saturated carbocycles. The van der Waals surface area contributed by atoms with Crippen molar-refractivity contribution in [3.8, 4) is 22.9 Å². The maximum atomic E-state index is 12.8. The van der Waals surface area contributed by atoms with Crippen molar-refractivity contribution >= 4 is 5.91 Å². The van der Waals surface area contributed by atoms with E-state index in [1.165, 1.54) is 0 Å². The second kappa shape index (κ2) is 9.40. The molecule has 4 heterocycles. The molecule has 188 valence electrons. The van der Waals surface area contributed by atoms with Crippen LogP contribution in [0.25, 0.3) is 5.69 Å². The molecule has 11 nitrogen and oxygen atoms in total. The van der Waals surface area contributed by atoms with Gasteiger partial charge in [0.25, 0.3) is 5.91 Å². The van der Waals surface area contributed by atoms with Crippen LogP contribution in [0.15, 0.2) is 30.3 Å². The van der Waals surface area contributed by atoms with Crippen molar-refractivity contribution in [3.05, 3.63) is 52.8 Å². The zero-order valence-electron chi connectivity index (χ0n) is 20.3. The van der Waals surface area contributed by atoms with Crippen LogP contribution in [0.3, 0.4) is 0 Å². The molecular formula is C25H28N6O5. The molecule has 1 amide bonds. The number of hydrogen-bond acceptors (Lipinski definition) is 9. The summed E-state index contributed by atoms with van der Waals surface area (Å²) in [6, 6.07) is 9.03. The minimum Gasteiger partial charge on any atom is -0.492 e. The normalized spacial score (nSPS) is 20.8. The van der Waals surface area contributed by atoms with E-state index in [2.05, 4.69) is 25.7 Å². The molecule has 36 heavy (non-hydrogen) atoms. The van der Waals surface area contributed by atoms with Crippen molar-refractivity contribution in [3.63, 3.8) is 0 Å². The summed E-state index contributed by atoms with van der Waals surface area (Å²) in [5, 5.41) is 15.7. The summed E-state index contributed by atoms with van der Waals surface area (Å²) in [4.78, 5) is 15.0. The first-order chi connectivity index (χ1) is 17.6. The van der Waals surface area contributed by atoms with Gasteiger partial charge in [-0.15, -0.1) is 5.10 Å². The van der Waals surface area contributed by atoms with Crippen LogP contribution in [-0.4, -0.2) is 77.8 Å². The van der Waals surface area contributed by atoms with Crippen molar-refractivity contribution < 1.29 is 23.7 Å². The standard InChI is InChI=1S/C25H28N6O5/c1-30-9-8-15-12-19-22(36-14-35-19)23(33-2)20(15)21(30)24-27-28-29-31(24)17-6-3-5-16(11-17)25(32)26-13-18-7-4-10-34-18/h3,5-6,11-12,18,21H,4,7-10,13-14H2,1-2H3,(H,26,32)/t18-,21+/m1/s1. The summed E-state index contributed by atoms with van der Waals surface area (Å²) < 4.78 is 24.5. The maximum Gasteiger partial charge on any atom is 0.251 e. The molecule has 2 aromatic carbocycles. The van der Waals surface area contributed by atoms with Crippen molar-refractivity contribution in [2.75, 3.05) is 40.6 Å². The van der Waals surface area contributed by atoms with Crippen molar-refractivity contribution in [2.24, 2.45) is 0 Å². The number of rotatable bonds is 6. The van der Waals surface area contributed by atoms with Gasteiger partial charge >= 0.3 is 0 Å². The fraction of sp³-hybridized carbons (Fsp3) is 0.440. The van der Waals surface area contributed by atoms with E-state index in [-0.39, 0.29) is 24.8 Å². The average molecular weight is 493 g/mol. The minimum absolute atomic E-state index is 0.0796. The SMILES string of the molecule is COc1c2c(cc3c1[C@@H](c1nnnn1-c1cccc(C(=O)NC[C@H]4CCCO4)c1)N(C)CC3)OCO2. The van der Waals surface area contributed by atoms with E-state index in [1.54, 1.807) is 23.9 Å². The van der Waals surface area contributed by atoms with Crippen LogP contribution in [0.5, 0.6) is 17.2 Å². The van der Waals surface area contributed by atoms with E-state index >= 15 is 0 Å². The highest BCUT2D eigenvalue weighted by Crippen LogP contribution is 2.50. The molecular weight excluding hydrogens is 464 g/mol. The number of benzene rings is 2. The molecule has 0 spiro atoms. The van der Waals surface area contributed by atoms with E-state index in [9.17, 15) is 4.79 Å². The van der Waals surface area contributed by atoms with Crippen LogP contribution in [0.1, 0.15) is 46.2 Å². The van der Waals surface area contributed by atoms with E-state index < -0.39 is 0 Å². The van der Waals surface area contributed by atoms with Crippen molar-refractivity contribution in [2.45, 2.75) is 31.4 Å². The smallest absolute Gasteiger partial charge is 0.251 e. The number of likely N-dealkylation sites (N-methyl/N-ethyl adjacent to an activating group) is 1. The second-order valence-electron chi connectivity index (χ2n) is 9.19. The molecule has 6 rings (SSSR count). The minimum atomic E-state index is -0.287. The Morgan fingerprint density at radius 2 is 2.19 bits per heavy atom. The lowest BCUT2D eigenvalue weighted by molar-refractivity contribution is 0.0857. The Kier molecular flexibility index (Phi) is 5.94. The monoisotopic (exact) mass is 492 g/mol. The van der Waals surface area contributed by atoms with Gasteiger partial charge in [0.1, 0.15) is 6.04 Å². The fourth-order valence-electron chi connectivity index (χ4n) is 5.20. The highest BCUT2D eigenvalue weighted by atomic mass is 16.7. The first-order valence-electron chi connectivity index (χ1n) is 12.1. The van der Waals surface area contributed by atoms with Crippen LogP contribution in [0, 0.1) is 0 Å². The Hall–Kier alpha value is -3.70. The lowest BCUT2D eigenvalue weighted by Crippen LogP contribution is -2.35. The summed E-state index contributed by atoms with van der Waals surface area (Å²) in [6.07, 6.45) is 2.91. The molecule has 0 radical (unpaired) electrons. The number of nitrogens with zero attached hydrogens (tertiary/aromatic N) is 5. The second-order valence-corrected chi connectivity index (χ2v) is 9.19. The third-order valence-electron chi connectivity index (χ3n) is 7.00. The summed E-state index contributed by atoms with van der Waals surface area (Å²) in [6.45, 7) is 2.22. The number of tetrazole rings is 1. The number of fused-ring (bicyclic) bond motifs is 2. The average Bonchev–Trinajstić information content (AvgIpc) is 3.68. The molecule has 2 atom stereocenters. The van der Waals surface area contributed by atoms with Crippen molar-refractivity contribution in [1.82, 2.24) is 30.4 Å². The lowest BCUT2D eigenvalue weighted by atomic mass is 9.90. The Labute approximate surface area is 208 Å². The number of carbonyl (C=O) groups excluding carboxylic acids is 1. The molecule has 1 N–H and O–H groups in total. The molecule has 1 aromatic heterocycles. The van der Waals surface area contributed by atoms with Gasteiger partial charge in [0.2, 0.25) is 12.5 Å². The summed E-state index contributed by atoms with van der Waals surface area (Å²) in [5.41, 5.74) is 3.29. The Balaban J connectivity index is 1.34. The van der Waals surface area contributed by atoms with Gasteiger partial charge in [-0.3, -0.25) is 9.69 Å². The van der Waals surface area contributed by atoms with Gasteiger partial charge in [0.05, 0.1) is 18.9 Å². The Morgan fingerprint density at radius 1 is 1.28 bits per heavy atom. The molecule has 3 aliphatic heterocycles. The molecule has 0 unspecified atom stereocenters. The first kappa shape index (κ1) is 22.7. The van der Waals surface area contributed by atoms with E-state index in [1.807, 2.05) is 25.2 Å². The molecule has 1 fully saturated rings. The number of hydrogen-bond donors (Lipinski definition) is 1. The van der Waals surface area contributed by atoms with Gasteiger partial charge in [-0.05, 0) is 66.6 Å². The molecule has 0 aliphatic carbocycles. The van der Waals surface area contributed by atoms with E-state index in [0.29, 0.717) is 40.9 Å². The van der Waals surface area contributed by atoms with Crippen LogP contribution < -0.4 is 19.5 Å². The molecule has 1 saturated heterocycles. The summed E-state index contributed by atoms with van der Waals surface area (Å²) in [5.74, 6) is 2.38. The van der Waals surface area contributed by atoms with Gasteiger partial charge in [-0.25, -0.2) is 0 Å². The van der Waals surface area contributed by atoms with E-state index in [0.717, 1.165) is 43.5 Å². The van der Waals surface area contributed by atoms with Crippen LogP contribution in [-0.2, 0) is 11.2 Å². The van der Waals surface area contributed by atoms with Gasteiger partial charge < -0.3 is 24.3 Å². The van der Waals surface area contributed by atoms with Crippen LogP contribution in [0.2, 0.25) is 0 Å². The predicted octanol–water partition coefficient (Wildman–Crippen LogP) is 1.89. The zero-order valence-corrected chi connectivity index (χ0v) is 20.3. The highest BCUT2D eigenvalue weighted by molar-refractivity contribution is 5.94. The molecule has 11 heteroatoms. The number of amides is 1. The number of methoxy groups -OCH3 is 1. The van der Waals surface area contributed by atoms with Gasteiger partial charge in [0, 0.05) is 30.8 Å². The largest absolute Gasteiger partial charge is 0.492 e. The molecule has 3 aromatic rings. The molecule has 0 bridgehead atoms. The Morgan fingerprint density at radius 3 is 3.03 bits per heavy atom. The predicted molar refractivity (Wildman–Crippen MR) is 128 cm³/mol. The van der Waals surface area contributed by atoms with Gasteiger partial charge in [-0.1, -0.05) is 6.07 Å². The van der Waals surface area contributed by atoms with Crippen molar-refractivity contribution in [1.29, 1.82) is 0 Å². The van der Waals surface area contributed by atoms with Crippen LogP contribution >= 0.6 is 0 Å². The quantitative estimate of drug-likeness (QED) is 0.551. The Bertz CT molecular complexity index is 1290. The van der Waals surface area contributed by atoms with Gasteiger partial charge in [-0.2, -0.15) is 4.68 Å². The third kappa shape index (κ3) is 3.94. The number of ether oxygens (including phenoxy) is 4. The zero-order chi connectivity index (χ0) is 24.6. The lowest BCUT2D eigenvalue weighted by Gasteiger charge is -2.34. The summed E-state index contributed by atoms with van der Waals surface area (Å²) >= 11 is 0. The van der Waals surface area contributed by atoms with Gasteiger partial charge in [0.15, 0.2) is 17.3 Å². The highest BCUT2D eigenvalue weighted by Gasteiger charge is 2.37. The molecule has 3 aliphatic rings. The van der Waals surface area contributed by atoms with Crippen LogP contribution in [0.4, 0.5) is 0 Å². The number of nitrogens with one attached hydrogen (secondary N) is 1. The topological polar surface area (TPSA) is 113 Å². The fourth-order valence-corrected chi connectivity index (χ4v) is 5.20. The third-order valence-corrected chi connectivity index (χ3v) is 7.00.